The summed E-state index contributed by atoms with van der Waals surface area (Å²) in [6.07, 6.45) is 1.70. The number of aryl methyl sites for hydroxylation is 1. The van der Waals surface area contributed by atoms with Crippen molar-refractivity contribution in [3.63, 3.8) is 0 Å². The van der Waals surface area contributed by atoms with Crippen LogP contribution in [0.2, 0.25) is 0 Å². The second-order valence-corrected chi connectivity index (χ2v) is 7.64. The highest BCUT2D eigenvalue weighted by Crippen LogP contribution is 2.34. The van der Waals surface area contributed by atoms with Crippen LogP contribution in [-0.4, -0.2) is 63.8 Å². The van der Waals surface area contributed by atoms with Gasteiger partial charge in [0.15, 0.2) is 5.16 Å². The lowest BCUT2D eigenvalue weighted by molar-refractivity contribution is 0.164. The van der Waals surface area contributed by atoms with Gasteiger partial charge in [0, 0.05) is 44.2 Å². The minimum absolute atomic E-state index is 0.0288. The number of benzene rings is 1. The average Bonchev–Trinajstić information content (AvgIpc) is 3.00. The fourth-order valence-corrected chi connectivity index (χ4v) is 3.59. The first kappa shape index (κ1) is 17.8. The largest absolute Gasteiger partial charge is 0.322 e. The molecule has 0 saturated carbocycles. The van der Waals surface area contributed by atoms with Crippen LogP contribution >= 0.6 is 11.8 Å². The van der Waals surface area contributed by atoms with Crippen LogP contribution in [0.4, 0.5) is 10.5 Å². The maximum Gasteiger partial charge on any atom is 0.321 e. The molecule has 1 N–H and O–H groups in total. The molecule has 0 radical (unpaired) electrons. The fraction of sp³-hybridized carbons (Fsp3) is 0.471. The third-order valence-electron chi connectivity index (χ3n) is 4.35. The quantitative estimate of drug-likeness (QED) is 0.849. The number of piperazine rings is 1. The molecule has 0 bridgehead atoms. The Hall–Kier alpha value is -2.06. The highest BCUT2D eigenvalue weighted by molar-refractivity contribution is 7.99. The summed E-state index contributed by atoms with van der Waals surface area (Å²) in [5, 5.41) is 12.1. The standard InChI is InChI=1S/C17H24N6OS/c1-13(25-17-20-18-12-22(17)3)14-5-4-6-15(11-14)19-16(24)23-9-7-21(2)8-10-23/h4-6,11-13H,7-10H2,1-3H3,(H,19,24)/t13-/m0/s1. The molecule has 3 rings (SSSR count). The lowest BCUT2D eigenvalue weighted by Crippen LogP contribution is -2.48. The van der Waals surface area contributed by atoms with E-state index in [1.807, 2.05) is 34.7 Å². The number of hydrogen-bond donors (Lipinski definition) is 1. The molecule has 2 heterocycles. The zero-order chi connectivity index (χ0) is 17.8. The Morgan fingerprint density at radius 2 is 2.00 bits per heavy atom. The lowest BCUT2D eigenvalue weighted by atomic mass is 10.1. The van der Waals surface area contributed by atoms with Gasteiger partial charge in [-0.2, -0.15) is 0 Å². The van der Waals surface area contributed by atoms with E-state index in [2.05, 4.69) is 40.5 Å². The summed E-state index contributed by atoms with van der Waals surface area (Å²) < 4.78 is 1.90. The molecular formula is C17H24N6OS. The number of aromatic nitrogens is 3. The van der Waals surface area contributed by atoms with Crippen molar-refractivity contribution in [2.45, 2.75) is 17.3 Å². The van der Waals surface area contributed by atoms with Crippen molar-refractivity contribution in [3.8, 4) is 0 Å². The van der Waals surface area contributed by atoms with E-state index in [1.54, 1.807) is 18.1 Å². The highest BCUT2D eigenvalue weighted by atomic mass is 32.2. The Bertz CT molecular complexity index is 725. The Morgan fingerprint density at radius 3 is 2.68 bits per heavy atom. The molecular weight excluding hydrogens is 336 g/mol. The average molecular weight is 360 g/mol. The van der Waals surface area contributed by atoms with Gasteiger partial charge in [-0.05, 0) is 31.7 Å². The predicted molar refractivity (Wildman–Crippen MR) is 99.8 cm³/mol. The fourth-order valence-electron chi connectivity index (χ4n) is 2.69. The van der Waals surface area contributed by atoms with E-state index in [1.165, 1.54) is 0 Å². The third kappa shape index (κ3) is 4.52. The number of urea groups is 1. The Kier molecular flexibility index (Phi) is 5.60. The number of anilines is 1. The lowest BCUT2D eigenvalue weighted by Gasteiger charge is -2.32. The molecule has 1 atom stereocenters. The summed E-state index contributed by atoms with van der Waals surface area (Å²) in [5.74, 6) is 0. The van der Waals surface area contributed by atoms with Crippen molar-refractivity contribution in [1.29, 1.82) is 0 Å². The van der Waals surface area contributed by atoms with Crippen molar-refractivity contribution in [3.05, 3.63) is 36.2 Å². The molecule has 0 spiro atoms. The summed E-state index contributed by atoms with van der Waals surface area (Å²) in [7, 11) is 4.01. The number of nitrogens with one attached hydrogen (secondary N) is 1. The zero-order valence-corrected chi connectivity index (χ0v) is 15.7. The summed E-state index contributed by atoms with van der Waals surface area (Å²) in [6, 6.07) is 7.97. The molecule has 134 valence electrons. The van der Waals surface area contributed by atoms with Crippen LogP contribution in [0.1, 0.15) is 17.7 Å². The van der Waals surface area contributed by atoms with Gasteiger partial charge >= 0.3 is 6.03 Å². The van der Waals surface area contributed by atoms with Crippen LogP contribution in [0.5, 0.6) is 0 Å². The number of amides is 2. The Labute approximate surface area is 152 Å². The van der Waals surface area contributed by atoms with Gasteiger partial charge in [0.25, 0.3) is 0 Å². The second kappa shape index (κ2) is 7.88. The maximum atomic E-state index is 12.4. The molecule has 1 aliphatic rings. The van der Waals surface area contributed by atoms with E-state index in [-0.39, 0.29) is 11.3 Å². The van der Waals surface area contributed by atoms with Gasteiger partial charge in [-0.15, -0.1) is 10.2 Å². The van der Waals surface area contributed by atoms with Crippen molar-refractivity contribution in [1.82, 2.24) is 24.6 Å². The van der Waals surface area contributed by atoms with Crippen LogP contribution in [0.15, 0.2) is 35.7 Å². The van der Waals surface area contributed by atoms with Crippen molar-refractivity contribution >= 4 is 23.5 Å². The number of carbonyl (C=O) groups excluding carboxylic acids is 1. The molecule has 2 aromatic rings. The van der Waals surface area contributed by atoms with E-state index in [9.17, 15) is 4.79 Å². The van der Waals surface area contributed by atoms with Crippen molar-refractivity contribution in [2.24, 2.45) is 7.05 Å². The summed E-state index contributed by atoms with van der Waals surface area (Å²) >= 11 is 1.65. The molecule has 25 heavy (non-hydrogen) atoms. The summed E-state index contributed by atoms with van der Waals surface area (Å²) in [5.41, 5.74) is 1.97. The van der Waals surface area contributed by atoms with E-state index in [0.717, 1.165) is 42.6 Å². The number of carbonyl (C=O) groups is 1. The highest BCUT2D eigenvalue weighted by Gasteiger charge is 2.19. The Balaban J connectivity index is 1.63. The molecule has 1 aliphatic heterocycles. The first-order valence-electron chi connectivity index (χ1n) is 8.38. The smallest absolute Gasteiger partial charge is 0.321 e. The van der Waals surface area contributed by atoms with Crippen LogP contribution in [0.25, 0.3) is 0 Å². The van der Waals surface area contributed by atoms with Crippen LogP contribution < -0.4 is 5.32 Å². The maximum absolute atomic E-state index is 12.4. The predicted octanol–water partition coefficient (Wildman–Crippen LogP) is 2.45. The van der Waals surface area contributed by atoms with Crippen LogP contribution in [0.3, 0.4) is 0 Å². The number of thioether (sulfide) groups is 1. The molecule has 1 aromatic heterocycles. The van der Waals surface area contributed by atoms with E-state index in [4.69, 9.17) is 0 Å². The molecule has 1 fully saturated rings. The minimum Gasteiger partial charge on any atom is -0.322 e. The second-order valence-electron chi connectivity index (χ2n) is 6.33. The Morgan fingerprint density at radius 1 is 1.24 bits per heavy atom. The molecule has 8 heteroatoms. The SMILES string of the molecule is C[C@H](Sc1nncn1C)c1cccc(NC(=O)N2CCN(C)CC2)c1. The van der Waals surface area contributed by atoms with Gasteiger partial charge in [-0.3, -0.25) is 0 Å². The number of rotatable bonds is 4. The van der Waals surface area contributed by atoms with Crippen molar-refractivity contribution in [2.75, 3.05) is 38.5 Å². The first-order chi connectivity index (χ1) is 12.0. The number of nitrogens with zero attached hydrogens (tertiary/aromatic N) is 5. The van der Waals surface area contributed by atoms with Gasteiger partial charge in [0.2, 0.25) is 0 Å². The van der Waals surface area contributed by atoms with Gasteiger partial charge < -0.3 is 19.7 Å². The third-order valence-corrected chi connectivity index (χ3v) is 5.56. The van der Waals surface area contributed by atoms with Crippen LogP contribution in [0, 0.1) is 0 Å². The molecule has 2 amide bonds. The molecule has 7 nitrogen and oxygen atoms in total. The van der Waals surface area contributed by atoms with E-state index >= 15 is 0 Å². The van der Waals surface area contributed by atoms with Gasteiger partial charge in [-0.25, -0.2) is 4.79 Å². The topological polar surface area (TPSA) is 66.3 Å². The first-order valence-corrected chi connectivity index (χ1v) is 9.26. The molecule has 0 aliphatic carbocycles. The van der Waals surface area contributed by atoms with Crippen LogP contribution in [-0.2, 0) is 7.05 Å². The number of likely N-dealkylation sites (N-methyl/N-ethyl adjacent to an activating group) is 1. The normalized spacial score (nSPS) is 16.7. The van der Waals surface area contributed by atoms with Gasteiger partial charge in [-0.1, -0.05) is 23.9 Å². The zero-order valence-electron chi connectivity index (χ0n) is 14.8. The number of hydrogen-bond acceptors (Lipinski definition) is 5. The molecule has 1 saturated heterocycles. The summed E-state index contributed by atoms with van der Waals surface area (Å²) in [4.78, 5) is 16.5. The van der Waals surface area contributed by atoms with Crippen molar-refractivity contribution < 1.29 is 4.79 Å². The minimum atomic E-state index is -0.0288. The van der Waals surface area contributed by atoms with Gasteiger partial charge in [0.05, 0.1) is 0 Å². The van der Waals surface area contributed by atoms with Gasteiger partial charge in [0.1, 0.15) is 6.33 Å². The molecule has 1 aromatic carbocycles. The van der Waals surface area contributed by atoms with E-state index in [0.29, 0.717) is 0 Å². The molecule has 0 unspecified atom stereocenters. The summed E-state index contributed by atoms with van der Waals surface area (Å²) in [6.45, 7) is 5.49. The van der Waals surface area contributed by atoms with E-state index < -0.39 is 0 Å². The monoisotopic (exact) mass is 360 g/mol.